The number of esters is 1. The van der Waals surface area contributed by atoms with Crippen molar-refractivity contribution in [3.8, 4) is 11.5 Å². The first kappa shape index (κ1) is 27.0. The van der Waals surface area contributed by atoms with Crippen molar-refractivity contribution in [3.05, 3.63) is 59.2 Å². The van der Waals surface area contributed by atoms with Crippen molar-refractivity contribution in [1.29, 1.82) is 0 Å². The summed E-state index contributed by atoms with van der Waals surface area (Å²) in [6.07, 6.45) is 0.618. The first-order chi connectivity index (χ1) is 17.3. The van der Waals surface area contributed by atoms with Crippen molar-refractivity contribution in [1.82, 2.24) is 10.2 Å². The van der Waals surface area contributed by atoms with Gasteiger partial charge in [0.15, 0.2) is 11.5 Å². The zero-order chi connectivity index (χ0) is 26.2. The van der Waals surface area contributed by atoms with Crippen molar-refractivity contribution < 1.29 is 33.7 Å². The molecule has 0 aromatic heterocycles. The molecule has 0 fully saturated rings. The molecule has 2 aromatic rings. The maximum Gasteiger partial charge on any atom is 0.326 e. The van der Waals surface area contributed by atoms with E-state index in [9.17, 15) is 19.5 Å². The molecule has 194 valence electrons. The molecular formula is C27H34N2O7. The third-order valence-corrected chi connectivity index (χ3v) is 6.39. The summed E-state index contributed by atoms with van der Waals surface area (Å²) >= 11 is 0. The van der Waals surface area contributed by atoms with E-state index >= 15 is 0 Å². The molecule has 3 rings (SSSR count). The summed E-state index contributed by atoms with van der Waals surface area (Å²) in [5.74, 6) is -1.24. The lowest BCUT2D eigenvalue weighted by atomic mass is 9.92. The van der Waals surface area contributed by atoms with E-state index in [1.807, 2.05) is 30.3 Å². The van der Waals surface area contributed by atoms with Gasteiger partial charge in [-0.1, -0.05) is 30.3 Å². The summed E-state index contributed by atoms with van der Waals surface area (Å²) in [4.78, 5) is 39.4. The molecule has 2 N–H and O–H groups in total. The van der Waals surface area contributed by atoms with E-state index in [2.05, 4.69) is 5.32 Å². The Balaban J connectivity index is 1.75. The molecule has 1 aliphatic heterocycles. The lowest BCUT2D eigenvalue weighted by Gasteiger charge is -2.36. The number of methoxy groups -OCH3 is 2. The van der Waals surface area contributed by atoms with Crippen LogP contribution in [0.1, 0.15) is 30.5 Å². The second-order valence-electron chi connectivity index (χ2n) is 8.77. The number of hydrogen-bond acceptors (Lipinski definition) is 7. The Labute approximate surface area is 211 Å². The van der Waals surface area contributed by atoms with Crippen molar-refractivity contribution in [3.63, 3.8) is 0 Å². The first-order valence-electron chi connectivity index (χ1n) is 12.0. The molecule has 36 heavy (non-hydrogen) atoms. The minimum atomic E-state index is -1.08. The number of amides is 1. The summed E-state index contributed by atoms with van der Waals surface area (Å²) in [7, 11) is 3.05. The Bertz CT molecular complexity index is 1070. The van der Waals surface area contributed by atoms with E-state index in [1.165, 1.54) is 19.1 Å². The number of ether oxygens (including phenoxy) is 3. The number of benzene rings is 2. The lowest BCUT2D eigenvalue weighted by Crippen LogP contribution is -2.54. The van der Waals surface area contributed by atoms with Crippen molar-refractivity contribution in [2.24, 2.45) is 5.92 Å². The van der Waals surface area contributed by atoms with Crippen LogP contribution in [-0.4, -0.2) is 67.3 Å². The van der Waals surface area contributed by atoms with E-state index in [4.69, 9.17) is 14.2 Å². The molecule has 2 aromatic carbocycles. The van der Waals surface area contributed by atoms with Gasteiger partial charge in [-0.2, -0.15) is 0 Å². The average Bonchev–Trinajstić information content (AvgIpc) is 2.89. The topological polar surface area (TPSA) is 114 Å². The van der Waals surface area contributed by atoms with Gasteiger partial charge in [0.25, 0.3) is 0 Å². The summed E-state index contributed by atoms with van der Waals surface area (Å²) < 4.78 is 16.0. The molecule has 1 amide bonds. The highest BCUT2D eigenvalue weighted by Gasteiger charge is 2.37. The van der Waals surface area contributed by atoms with Gasteiger partial charge in [0.1, 0.15) is 6.04 Å². The van der Waals surface area contributed by atoms with Gasteiger partial charge in [0.2, 0.25) is 5.91 Å². The molecule has 9 heteroatoms. The van der Waals surface area contributed by atoms with E-state index in [1.54, 1.807) is 26.0 Å². The molecule has 1 heterocycles. The quantitative estimate of drug-likeness (QED) is 0.454. The maximum atomic E-state index is 13.4. The number of fused-ring (bicyclic) bond motifs is 1. The van der Waals surface area contributed by atoms with E-state index in [0.717, 1.165) is 16.7 Å². The minimum Gasteiger partial charge on any atom is -0.493 e. The summed E-state index contributed by atoms with van der Waals surface area (Å²) in [6.45, 7) is 4.04. The molecule has 0 radical (unpaired) electrons. The predicted molar refractivity (Wildman–Crippen MR) is 133 cm³/mol. The summed E-state index contributed by atoms with van der Waals surface area (Å²) in [5, 5.41) is 13.0. The van der Waals surface area contributed by atoms with Gasteiger partial charge in [-0.3, -0.25) is 9.59 Å². The van der Waals surface area contributed by atoms with Gasteiger partial charge in [-0.25, -0.2) is 4.79 Å². The number of rotatable bonds is 11. The number of aliphatic carboxylic acids is 1. The second kappa shape index (κ2) is 12.4. The monoisotopic (exact) mass is 498 g/mol. The number of carboxylic acids is 1. The Hall–Kier alpha value is -3.59. The Morgan fingerprint density at radius 2 is 1.72 bits per heavy atom. The fourth-order valence-corrected chi connectivity index (χ4v) is 4.42. The summed E-state index contributed by atoms with van der Waals surface area (Å²) in [5.41, 5.74) is 2.59. The molecule has 9 nitrogen and oxygen atoms in total. The number of nitrogens with one attached hydrogen (secondary N) is 1. The van der Waals surface area contributed by atoms with Crippen molar-refractivity contribution >= 4 is 17.8 Å². The molecule has 0 spiro atoms. The van der Waals surface area contributed by atoms with Crippen LogP contribution in [0.2, 0.25) is 0 Å². The lowest BCUT2D eigenvalue weighted by molar-refractivity contribution is -0.152. The average molecular weight is 499 g/mol. The highest BCUT2D eigenvalue weighted by atomic mass is 16.5. The van der Waals surface area contributed by atoms with Gasteiger partial charge in [0, 0.05) is 19.5 Å². The highest BCUT2D eigenvalue weighted by molar-refractivity contribution is 5.87. The molecule has 0 saturated carbocycles. The smallest absolute Gasteiger partial charge is 0.326 e. The largest absolute Gasteiger partial charge is 0.493 e. The molecule has 3 atom stereocenters. The van der Waals surface area contributed by atoms with Gasteiger partial charge < -0.3 is 29.5 Å². The van der Waals surface area contributed by atoms with Crippen LogP contribution in [0, 0.1) is 5.92 Å². The second-order valence-corrected chi connectivity index (χ2v) is 8.77. The SMILES string of the molecule is CCOC(=O)C(CNC(C)C(=O)N1Cc2cc(OC)c(OC)cc2CC1C(=O)O)Cc1ccccc1. The van der Waals surface area contributed by atoms with Crippen LogP contribution in [0.15, 0.2) is 42.5 Å². The zero-order valence-corrected chi connectivity index (χ0v) is 21.2. The molecule has 0 bridgehead atoms. The molecular weight excluding hydrogens is 464 g/mol. The predicted octanol–water partition coefficient (Wildman–Crippen LogP) is 2.44. The van der Waals surface area contributed by atoms with Crippen LogP contribution >= 0.6 is 0 Å². The first-order valence-corrected chi connectivity index (χ1v) is 12.0. The number of carbonyl (C=O) groups excluding carboxylic acids is 2. The van der Waals surface area contributed by atoms with Crippen LogP contribution in [0.25, 0.3) is 0 Å². The third kappa shape index (κ3) is 6.34. The van der Waals surface area contributed by atoms with Crippen LogP contribution in [0.3, 0.4) is 0 Å². The van der Waals surface area contributed by atoms with Gasteiger partial charge in [-0.15, -0.1) is 0 Å². The van der Waals surface area contributed by atoms with Crippen LogP contribution in [-0.2, 0) is 38.5 Å². The van der Waals surface area contributed by atoms with Crippen LogP contribution in [0.5, 0.6) is 11.5 Å². The fraction of sp³-hybridized carbons (Fsp3) is 0.444. The Morgan fingerprint density at radius 3 is 2.31 bits per heavy atom. The normalized spacial score (nSPS) is 16.4. The Kier molecular flexibility index (Phi) is 9.30. The van der Waals surface area contributed by atoms with E-state index < -0.39 is 24.0 Å². The zero-order valence-electron chi connectivity index (χ0n) is 21.2. The summed E-state index contributed by atoms with van der Waals surface area (Å²) in [6, 6.07) is 11.4. The Morgan fingerprint density at radius 1 is 1.08 bits per heavy atom. The highest BCUT2D eigenvalue weighted by Crippen LogP contribution is 2.35. The number of hydrogen-bond donors (Lipinski definition) is 2. The molecule has 1 aliphatic rings. The van der Waals surface area contributed by atoms with Crippen LogP contribution < -0.4 is 14.8 Å². The minimum absolute atomic E-state index is 0.128. The van der Waals surface area contributed by atoms with E-state index in [0.29, 0.717) is 17.9 Å². The van der Waals surface area contributed by atoms with Gasteiger partial charge >= 0.3 is 11.9 Å². The molecule has 0 saturated heterocycles. The number of carboxylic acid groups (broad SMARTS) is 1. The molecule has 3 unspecified atom stereocenters. The number of carbonyl (C=O) groups is 3. The number of nitrogens with zero attached hydrogens (tertiary/aromatic N) is 1. The van der Waals surface area contributed by atoms with E-state index in [-0.39, 0.29) is 38.0 Å². The third-order valence-electron chi connectivity index (χ3n) is 6.39. The fourth-order valence-electron chi connectivity index (χ4n) is 4.42. The molecule has 0 aliphatic carbocycles. The van der Waals surface area contributed by atoms with Crippen molar-refractivity contribution in [2.45, 2.75) is 45.3 Å². The van der Waals surface area contributed by atoms with Crippen molar-refractivity contribution in [2.75, 3.05) is 27.4 Å². The van der Waals surface area contributed by atoms with Gasteiger partial charge in [-0.05, 0) is 49.1 Å². The maximum absolute atomic E-state index is 13.4. The van der Waals surface area contributed by atoms with Crippen LogP contribution in [0.4, 0.5) is 0 Å². The standard InChI is InChI=1S/C27H34N2O7/c1-5-36-27(33)20(11-18-9-7-6-8-10-18)15-28-17(2)25(30)29-16-21-14-24(35-4)23(34-3)13-19(21)12-22(29)26(31)32/h6-10,13-14,17,20,22,28H,5,11-12,15-16H2,1-4H3,(H,31,32). The van der Waals surface area contributed by atoms with Gasteiger partial charge in [0.05, 0.1) is 32.8 Å².